The zero-order valence-electron chi connectivity index (χ0n) is 15.7. The van der Waals surface area contributed by atoms with Crippen molar-refractivity contribution >= 4 is 40.2 Å². The Labute approximate surface area is 172 Å². The van der Waals surface area contributed by atoms with Crippen molar-refractivity contribution in [2.45, 2.75) is 0 Å². The monoisotopic (exact) mass is 415 g/mol. The minimum absolute atomic E-state index is 0.207. The number of carbonyl (C=O) groups excluding carboxylic acids is 1. The van der Waals surface area contributed by atoms with Crippen LogP contribution in [-0.4, -0.2) is 54.2 Å². The lowest BCUT2D eigenvalue weighted by molar-refractivity contribution is 0.208. The van der Waals surface area contributed by atoms with Crippen LogP contribution in [0, 0.1) is 5.82 Å². The molecule has 29 heavy (non-hydrogen) atoms. The normalized spacial score (nSPS) is 14.2. The molecule has 4 rings (SSSR count). The Morgan fingerprint density at radius 3 is 2.59 bits per heavy atom. The first-order chi connectivity index (χ1) is 14.0. The number of nitrogens with zero attached hydrogens (tertiary/aromatic N) is 4. The molecule has 0 bridgehead atoms. The number of piperazine rings is 1. The second kappa shape index (κ2) is 8.08. The Balaban J connectivity index is 1.46. The molecule has 0 radical (unpaired) electrons. The highest BCUT2D eigenvalue weighted by Gasteiger charge is 2.24. The van der Waals surface area contributed by atoms with Crippen LogP contribution >= 0.6 is 11.6 Å². The molecular formula is C20H19ClFN5O2. The van der Waals surface area contributed by atoms with E-state index in [1.807, 2.05) is 4.90 Å². The molecule has 150 valence electrons. The summed E-state index contributed by atoms with van der Waals surface area (Å²) in [6, 6.07) is 11.5. The number of carbonyl (C=O) groups is 1. The maximum atomic E-state index is 14.0. The van der Waals surface area contributed by atoms with E-state index in [4.69, 9.17) is 16.3 Å². The number of ether oxygens (including phenoxy) is 1. The largest absolute Gasteiger partial charge is 0.478 e. The van der Waals surface area contributed by atoms with Gasteiger partial charge in [0.2, 0.25) is 0 Å². The van der Waals surface area contributed by atoms with Crippen LogP contribution in [0.5, 0.6) is 5.88 Å². The van der Waals surface area contributed by atoms with Crippen molar-refractivity contribution in [3.8, 4) is 5.88 Å². The molecule has 9 heteroatoms. The van der Waals surface area contributed by atoms with Gasteiger partial charge in [0, 0.05) is 31.2 Å². The van der Waals surface area contributed by atoms with E-state index < -0.39 is 0 Å². The number of urea groups is 1. The van der Waals surface area contributed by atoms with Crippen molar-refractivity contribution < 1.29 is 13.9 Å². The van der Waals surface area contributed by atoms with Crippen LogP contribution in [0.1, 0.15) is 0 Å². The molecule has 1 N–H and O–H groups in total. The Morgan fingerprint density at radius 2 is 1.86 bits per heavy atom. The maximum Gasteiger partial charge on any atom is 0.323 e. The van der Waals surface area contributed by atoms with Crippen molar-refractivity contribution in [3.05, 3.63) is 53.3 Å². The van der Waals surface area contributed by atoms with Crippen LogP contribution in [0.4, 0.5) is 20.7 Å². The fourth-order valence-corrected chi connectivity index (χ4v) is 3.44. The predicted molar refractivity (Wildman–Crippen MR) is 110 cm³/mol. The number of anilines is 2. The van der Waals surface area contributed by atoms with E-state index in [-0.39, 0.29) is 23.5 Å². The quantitative estimate of drug-likeness (QED) is 0.704. The first-order valence-corrected chi connectivity index (χ1v) is 9.49. The van der Waals surface area contributed by atoms with Crippen LogP contribution in [0.15, 0.2) is 42.5 Å². The number of rotatable bonds is 3. The topological polar surface area (TPSA) is 70.6 Å². The van der Waals surface area contributed by atoms with Gasteiger partial charge in [0.1, 0.15) is 5.82 Å². The molecule has 0 atom stereocenters. The first-order valence-electron chi connectivity index (χ1n) is 9.12. The lowest BCUT2D eigenvalue weighted by atomic mass is 10.2. The summed E-state index contributed by atoms with van der Waals surface area (Å²) in [7, 11) is 1.46. The van der Waals surface area contributed by atoms with Crippen molar-refractivity contribution in [1.82, 2.24) is 14.9 Å². The minimum atomic E-state index is -0.306. The smallest absolute Gasteiger partial charge is 0.323 e. The fraction of sp³-hybridized carbons (Fsp3) is 0.250. The van der Waals surface area contributed by atoms with Gasteiger partial charge in [0.25, 0.3) is 5.88 Å². The molecule has 3 aromatic rings. The number of halogens is 2. The van der Waals surface area contributed by atoms with Gasteiger partial charge in [0.05, 0.1) is 23.8 Å². The SMILES string of the molecule is COc1nc2cc(Cl)ccc2nc1NC(=O)N1CCN(c2ccccc2F)CC1. The number of amides is 2. The molecule has 2 amide bonds. The van der Waals surface area contributed by atoms with Crippen molar-refractivity contribution in [2.75, 3.05) is 43.5 Å². The van der Waals surface area contributed by atoms with Gasteiger partial charge in [-0.05, 0) is 30.3 Å². The summed E-state index contributed by atoms with van der Waals surface area (Å²) in [6.45, 7) is 1.99. The Morgan fingerprint density at radius 1 is 1.10 bits per heavy atom. The zero-order chi connectivity index (χ0) is 20.4. The van der Waals surface area contributed by atoms with Gasteiger partial charge in [-0.15, -0.1) is 0 Å². The van der Waals surface area contributed by atoms with Crippen LogP contribution in [0.25, 0.3) is 11.0 Å². The van der Waals surface area contributed by atoms with Gasteiger partial charge in [-0.2, -0.15) is 0 Å². The van der Waals surface area contributed by atoms with Gasteiger partial charge in [0.15, 0.2) is 5.82 Å². The highest BCUT2D eigenvalue weighted by Crippen LogP contribution is 2.26. The average Bonchev–Trinajstić information content (AvgIpc) is 2.74. The van der Waals surface area contributed by atoms with Gasteiger partial charge >= 0.3 is 6.03 Å². The van der Waals surface area contributed by atoms with E-state index in [1.54, 1.807) is 41.3 Å². The van der Waals surface area contributed by atoms with Crippen LogP contribution in [0.3, 0.4) is 0 Å². The summed E-state index contributed by atoms with van der Waals surface area (Å²) < 4.78 is 19.3. The summed E-state index contributed by atoms with van der Waals surface area (Å²) in [4.78, 5) is 25.1. The number of hydrogen-bond acceptors (Lipinski definition) is 5. The molecule has 0 saturated carbocycles. The second-order valence-electron chi connectivity index (χ2n) is 6.57. The van der Waals surface area contributed by atoms with E-state index in [2.05, 4.69) is 15.3 Å². The average molecular weight is 416 g/mol. The molecule has 1 saturated heterocycles. The molecule has 0 unspecified atom stereocenters. The third kappa shape index (κ3) is 4.02. The van der Waals surface area contributed by atoms with Crippen LogP contribution in [0.2, 0.25) is 5.02 Å². The number of methoxy groups -OCH3 is 1. The molecule has 1 fully saturated rings. The summed E-state index contributed by atoms with van der Waals surface area (Å²) in [6.07, 6.45) is 0. The molecular weight excluding hydrogens is 397 g/mol. The fourth-order valence-electron chi connectivity index (χ4n) is 3.27. The Bertz CT molecular complexity index is 1060. The Hall–Kier alpha value is -3.13. The van der Waals surface area contributed by atoms with Gasteiger partial charge in [-0.1, -0.05) is 23.7 Å². The first kappa shape index (κ1) is 19.2. The molecule has 1 aromatic heterocycles. The summed E-state index contributed by atoms with van der Waals surface area (Å²) in [5.41, 5.74) is 1.72. The Kier molecular flexibility index (Phi) is 5.35. The number of hydrogen-bond donors (Lipinski definition) is 1. The van der Waals surface area contributed by atoms with Crippen molar-refractivity contribution in [1.29, 1.82) is 0 Å². The molecule has 0 aliphatic carbocycles. The molecule has 2 heterocycles. The van der Waals surface area contributed by atoms with Crippen molar-refractivity contribution in [3.63, 3.8) is 0 Å². The van der Waals surface area contributed by atoms with E-state index in [0.717, 1.165) is 0 Å². The van der Waals surface area contributed by atoms with Gasteiger partial charge < -0.3 is 14.5 Å². The zero-order valence-corrected chi connectivity index (χ0v) is 16.5. The van der Waals surface area contributed by atoms with E-state index >= 15 is 0 Å². The van der Waals surface area contributed by atoms with Crippen LogP contribution < -0.4 is 15.0 Å². The maximum absolute atomic E-state index is 14.0. The van der Waals surface area contributed by atoms with Gasteiger partial charge in [-0.3, -0.25) is 5.32 Å². The van der Waals surface area contributed by atoms with Crippen molar-refractivity contribution in [2.24, 2.45) is 0 Å². The number of aromatic nitrogens is 2. The highest BCUT2D eigenvalue weighted by molar-refractivity contribution is 6.31. The molecule has 7 nitrogen and oxygen atoms in total. The summed E-state index contributed by atoms with van der Waals surface area (Å²) >= 11 is 5.99. The van der Waals surface area contributed by atoms with E-state index in [9.17, 15) is 9.18 Å². The third-order valence-corrected chi connectivity index (χ3v) is 5.01. The molecule has 0 spiro atoms. The molecule has 2 aromatic carbocycles. The highest BCUT2D eigenvalue weighted by atomic mass is 35.5. The van der Waals surface area contributed by atoms with Crippen LogP contribution in [-0.2, 0) is 0 Å². The summed E-state index contributed by atoms with van der Waals surface area (Å²) in [5.74, 6) is 0.184. The number of nitrogens with one attached hydrogen (secondary N) is 1. The lowest BCUT2D eigenvalue weighted by Gasteiger charge is -2.36. The third-order valence-electron chi connectivity index (χ3n) is 4.77. The lowest BCUT2D eigenvalue weighted by Crippen LogP contribution is -2.50. The number of fused-ring (bicyclic) bond motifs is 1. The molecule has 1 aliphatic rings. The molecule has 1 aliphatic heterocycles. The number of benzene rings is 2. The summed E-state index contributed by atoms with van der Waals surface area (Å²) in [5, 5.41) is 3.31. The second-order valence-corrected chi connectivity index (χ2v) is 7.01. The van der Waals surface area contributed by atoms with E-state index in [0.29, 0.717) is 47.9 Å². The standard InChI is InChI=1S/C20H19ClFN5O2/c1-29-19-18(23-15-7-6-13(21)12-16(15)24-19)25-20(28)27-10-8-26(9-11-27)17-5-3-2-4-14(17)22/h2-7,12H,8-11H2,1H3,(H,23,25,28). The van der Waals surface area contributed by atoms with Gasteiger partial charge in [-0.25, -0.2) is 19.2 Å². The minimum Gasteiger partial charge on any atom is -0.478 e. The van der Waals surface area contributed by atoms with E-state index in [1.165, 1.54) is 13.2 Å². The number of para-hydroxylation sites is 1. The predicted octanol–water partition coefficient (Wildman–Crippen LogP) is 3.79.